The summed E-state index contributed by atoms with van der Waals surface area (Å²) in [6, 6.07) is 22.6. The number of hydrogen-bond donors (Lipinski definition) is 9. The third kappa shape index (κ3) is 26.8. The molecule has 488 valence electrons. The van der Waals surface area contributed by atoms with E-state index in [1.807, 2.05) is 72.8 Å². The van der Waals surface area contributed by atoms with Crippen LogP contribution in [0.3, 0.4) is 0 Å². The zero-order valence-corrected chi connectivity index (χ0v) is 52.4. The third-order valence-corrected chi connectivity index (χ3v) is 13.7. The van der Waals surface area contributed by atoms with Crippen LogP contribution in [0.15, 0.2) is 79.4 Å². The maximum absolute atomic E-state index is 12.6. The van der Waals surface area contributed by atoms with Gasteiger partial charge in [0.2, 0.25) is 47.3 Å². The predicted octanol–water partition coefficient (Wildman–Crippen LogP) is 5.96. The molecule has 0 bridgehead atoms. The van der Waals surface area contributed by atoms with Crippen LogP contribution < -0.4 is 48.3 Å². The fourth-order valence-electron chi connectivity index (χ4n) is 9.39. The predicted molar refractivity (Wildman–Crippen MR) is 340 cm³/mol. The third-order valence-electron chi connectivity index (χ3n) is 13.7. The summed E-state index contributed by atoms with van der Waals surface area (Å²) < 4.78 is 25.2. The lowest BCUT2D eigenvalue weighted by Gasteiger charge is -2.16. The highest BCUT2D eigenvalue weighted by Crippen LogP contribution is 2.48. The molecule has 0 saturated heterocycles. The first kappa shape index (κ1) is 75.3. The highest BCUT2D eigenvalue weighted by molar-refractivity contribution is 6.04. The first-order valence-corrected chi connectivity index (χ1v) is 29.7. The molecule has 0 radical (unpaired) electrons. The van der Waals surface area contributed by atoms with Gasteiger partial charge in [-0.1, -0.05) is 37.8 Å². The van der Waals surface area contributed by atoms with Crippen LogP contribution in [0.25, 0.3) is 27.8 Å². The van der Waals surface area contributed by atoms with E-state index in [0.29, 0.717) is 101 Å². The van der Waals surface area contributed by atoms with Gasteiger partial charge in [-0.25, -0.2) is 0 Å². The fourth-order valence-corrected chi connectivity index (χ4v) is 9.39. The number of carbonyl (C=O) groups excluding carboxylic acids is 11. The summed E-state index contributed by atoms with van der Waals surface area (Å²) in [4.78, 5) is 126. The van der Waals surface area contributed by atoms with Gasteiger partial charge >= 0.3 is 12.1 Å². The van der Waals surface area contributed by atoms with Crippen LogP contribution in [0.1, 0.15) is 119 Å². The van der Waals surface area contributed by atoms with Crippen LogP contribution in [-0.2, 0) is 76.4 Å². The molecule has 25 heteroatoms. The average Bonchev–Trinajstić information content (AvgIpc) is 1.62. The lowest BCUT2D eigenvalue weighted by molar-refractivity contribution is -0.192. The molecule has 2 aliphatic carbocycles. The van der Waals surface area contributed by atoms with Gasteiger partial charge in [0.25, 0.3) is 0 Å². The Morgan fingerprint density at radius 1 is 0.422 bits per heavy atom. The monoisotopic (exact) mass is 1250 g/mol. The minimum atomic E-state index is -0.323. The molecular weight excluding hydrogens is 1160 g/mol. The molecule has 0 atom stereocenters. The van der Waals surface area contributed by atoms with Gasteiger partial charge in [0, 0.05) is 141 Å². The number of nitrogens with one attached hydrogen (secondary N) is 8. The van der Waals surface area contributed by atoms with E-state index >= 15 is 0 Å². The Labute approximate surface area is 525 Å². The number of carbonyl (C=O) groups is 9. The van der Waals surface area contributed by atoms with Crippen molar-refractivity contribution >= 4 is 87.7 Å². The summed E-state index contributed by atoms with van der Waals surface area (Å²) in [6.45, 7) is 9.61. The van der Waals surface area contributed by atoms with E-state index in [2.05, 4.69) is 54.8 Å². The molecule has 4 aromatic rings. The van der Waals surface area contributed by atoms with Gasteiger partial charge in [0.05, 0.1) is 26.4 Å². The second kappa shape index (κ2) is 42.8. The van der Waals surface area contributed by atoms with Crippen LogP contribution in [0.5, 0.6) is 0 Å². The molecule has 90 heavy (non-hydrogen) atoms. The number of anilines is 4. The molecule has 0 aliphatic heterocycles. The maximum Gasteiger partial charge on any atom is 0.373 e. The molecule has 0 aromatic heterocycles. The minimum absolute atomic E-state index is 0.104. The molecule has 0 saturated carbocycles. The largest absolute Gasteiger partial charge is 0.465 e. The van der Waals surface area contributed by atoms with Gasteiger partial charge in [-0.15, -0.1) is 0 Å². The quantitative estimate of drug-likeness (QED) is 0.0167. The van der Waals surface area contributed by atoms with Gasteiger partial charge in [-0.2, -0.15) is 9.59 Å². The first-order chi connectivity index (χ1) is 43.5. The van der Waals surface area contributed by atoms with Crippen molar-refractivity contribution in [2.24, 2.45) is 5.73 Å². The van der Waals surface area contributed by atoms with Crippen molar-refractivity contribution in [3.8, 4) is 22.3 Å². The molecule has 0 unspecified atom stereocenters. The fraction of sp³-hybridized carbons (Fsp3) is 0.446. The SMILES string of the molecule is C=C1c2cc(NC(=O)CCCC(=O)NCCOC)ccc2-c2ccc(NC(=O)CCCC(=O)NCCOC)cc21.CCC(=O)OCC1c2cc(NC(=O)CCCC(=O)NCCOC)ccc2-c2ccc(NC(=O)CCCC(=O)NCCOC)cc21.CN.O=C=O. The van der Waals surface area contributed by atoms with Crippen LogP contribution in [0, 0.1) is 0 Å². The van der Waals surface area contributed by atoms with E-state index in [9.17, 15) is 43.2 Å². The molecule has 10 N–H and O–H groups in total. The van der Waals surface area contributed by atoms with Crippen molar-refractivity contribution in [1.82, 2.24) is 21.3 Å². The highest BCUT2D eigenvalue weighted by atomic mass is 16.5. The van der Waals surface area contributed by atoms with E-state index in [4.69, 9.17) is 33.3 Å². The summed E-state index contributed by atoms with van der Waals surface area (Å²) in [5.74, 6) is -1.83. The number of amides is 8. The molecule has 0 heterocycles. The summed E-state index contributed by atoms with van der Waals surface area (Å²) in [5, 5.41) is 22.6. The Morgan fingerprint density at radius 3 is 0.967 bits per heavy atom. The van der Waals surface area contributed by atoms with E-state index in [1.54, 1.807) is 35.4 Å². The maximum atomic E-state index is 12.6. The second-order valence-electron chi connectivity index (χ2n) is 20.3. The zero-order chi connectivity index (χ0) is 66.2. The Hall–Kier alpha value is -8.97. The number of hydrogen-bond acceptors (Lipinski definition) is 17. The van der Waals surface area contributed by atoms with E-state index in [-0.39, 0.29) is 130 Å². The zero-order valence-electron chi connectivity index (χ0n) is 52.4. The Morgan fingerprint density at radius 2 is 0.689 bits per heavy atom. The van der Waals surface area contributed by atoms with Crippen molar-refractivity contribution in [3.05, 3.63) is 102 Å². The molecule has 6 rings (SSSR count). The lowest BCUT2D eigenvalue weighted by atomic mass is 9.97. The first-order valence-electron chi connectivity index (χ1n) is 29.7. The summed E-state index contributed by atoms with van der Waals surface area (Å²) in [5.41, 5.74) is 15.3. The van der Waals surface area contributed by atoms with Gasteiger partial charge in [0.15, 0.2) is 0 Å². The number of ether oxygens (including phenoxy) is 5. The second-order valence-corrected chi connectivity index (χ2v) is 20.3. The average molecular weight is 1250 g/mol. The Kier molecular flexibility index (Phi) is 35.8. The number of esters is 1. The molecule has 8 amide bonds. The van der Waals surface area contributed by atoms with Gasteiger partial charge < -0.3 is 72.0 Å². The Bertz CT molecular complexity index is 2910. The van der Waals surface area contributed by atoms with Crippen LogP contribution >= 0.6 is 0 Å². The van der Waals surface area contributed by atoms with E-state index in [1.165, 1.54) is 7.05 Å². The van der Waals surface area contributed by atoms with Gasteiger partial charge in [-0.05, 0) is 131 Å². The number of rotatable bonds is 35. The standard InChI is InChI=1S/C33H44N4O8.C30H38N4O6.CH5N.CO2/c1-4-33(42)45-21-28-26-19-22(36-31(40)9-5-7-29(38)34-15-17-43-2)11-13-24(26)25-14-12-23(20-27(25)28)37-32(41)10-6-8-30(39)35-16-18-44-3;1-20-25-18-21(33-29(37)8-4-6-27(35)31-14-16-39-2)10-12-23(25)24-13-11-22(19-26(20)24)34-30(38)9-5-7-28(36)32-15-17-40-3;1-2;2-1-3/h11-14,19-20,28H,4-10,15-18,21H2,1-3H3,(H,34,38)(H,35,39)(H,36,40)(H,37,41);10-13,18-19H,1,4-9,14-17H2,2-3H3,(H,31,35)(H,32,36)(H,33,37)(H,34,38);2H2,1H3;. The van der Waals surface area contributed by atoms with Crippen molar-refractivity contribution in [3.63, 3.8) is 0 Å². The lowest BCUT2D eigenvalue weighted by Crippen LogP contribution is -2.26. The normalized spacial score (nSPS) is 11.1. The molecule has 0 fully saturated rings. The summed E-state index contributed by atoms with van der Waals surface area (Å²) in [7, 11) is 7.76. The van der Waals surface area contributed by atoms with E-state index in [0.717, 1.165) is 50.1 Å². The van der Waals surface area contributed by atoms with Crippen LogP contribution in [0.2, 0.25) is 0 Å². The molecule has 4 aromatic carbocycles. The molecule has 2 aliphatic rings. The van der Waals surface area contributed by atoms with Gasteiger partial charge in [0.1, 0.15) is 6.61 Å². The topological polar surface area (TPSA) is 356 Å². The van der Waals surface area contributed by atoms with Gasteiger partial charge in [-0.3, -0.25) is 43.2 Å². The van der Waals surface area contributed by atoms with Crippen molar-refractivity contribution < 1.29 is 76.4 Å². The minimum Gasteiger partial charge on any atom is -0.465 e. The smallest absolute Gasteiger partial charge is 0.373 e. The summed E-state index contributed by atoms with van der Waals surface area (Å²) in [6.07, 6.45) is 4.08. The van der Waals surface area contributed by atoms with E-state index < -0.39 is 0 Å². The molecule has 25 nitrogen and oxygen atoms in total. The molecule has 0 spiro atoms. The number of fused-ring (bicyclic) bond motifs is 6. The van der Waals surface area contributed by atoms with Crippen LogP contribution in [0.4, 0.5) is 22.7 Å². The number of nitrogens with two attached hydrogens (primary N) is 1. The Balaban J connectivity index is 0.000000441. The number of methoxy groups -OCH3 is 4. The van der Waals surface area contributed by atoms with Crippen molar-refractivity contribution in [2.45, 2.75) is 96.3 Å². The number of benzene rings is 4. The highest BCUT2D eigenvalue weighted by Gasteiger charge is 2.31. The van der Waals surface area contributed by atoms with Crippen LogP contribution in [-0.4, -0.2) is 154 Å². The van der Waals surface area contributed by atoms with Crippen molar-refractivity contribution in [1.29, 1.82) is 0 Å². The molecular formula is C65H87N9O16. The van der Waals surface area contributed by atoms with Crippen molar-refractivity contribution in [2.75, 3.05) is 116 Å². The summed E-state index contributed by atoms with van der Waals surface area (Å²) >= 11 is 0.